The third kappa shape index (κ3) is 5.09. The molecule has 0 fully saturated rings. The van der Waals surface area contributed by atoms with Crippen molar-refractivity contribution in [2.75, 3.05) is 20.3 Å². The number of hydrogen-bond acceptors (Lipinski definition) is 6. The van der Waals surface area contributed by atoms with Crippen molar-refractivity contribution in [3.05, 3.63) is 62.6 Å². The largest absolute Gasteiger partial charge is 0.493 e. The average molecular weight is 389 g/mol. The van der Waals surface area contributed by atoms with Gasteiger partial charge in [0.05, 0.1) is 24.8 Å². The molecule has 0 spiro atoms. The molecule has 0 atom stereocenters. The molecule has 0 aliphatic heterocycles. The summed E-state index contributed by atoms with van der Waals surface area (Å²) in [5.41, 5.74) is 0.117. The van der Waals surface area contributed by atoms with Crippen LogP contribution < -0.4 is 15.0 Å². The zero-order chi connectivity index (χ0) is 20.7. The molecular formula is C19H23N3O6. The van der Waals surface area contributed by atoms with E-state index in [1.165, 1.54) is 0 Å². The first kappa shape index (κ1) is 20.9. The maximum absolute atomic E-state index is 12.6. The van der Waals surface area contributed by atoms with Crippen molar-refractivity contribution in [3.63, 3.8) is 0 Å². The maximum Gasteiger partial charge on any atom is 0.285 e. The number of pyridine rings is 1. The lowest BCUT2D eigenvalue weighted by atomic mass is 10.2. The lowest BCUT2D eigenvalue weighted by Crippen LogP contribution is -2.35. The molecule has 0 bridgehead atoms. The van der Waals surface area contributed by atoms with Crippen LogP contribution in [0.5, 0.6) is 11.5 Å². The first-order chi connectivity index (χ1) is 13.4. The van der Waals surface area contributed by atoms with E-state index in [1.807, 2.05) is 19.9 Å². The molecular weight excluding hydrogens is 366 g/mol. The number of ether oxygens (including phenoxy) is 2. The SMILES string of the molecule is CCOc1ccc(CN(CC)C(=O)Cn2cc([N+](=O)[O-])ccc2=O)cc1OC. The van der Waals surface area contributed by atoms with Crippen molar-refractivity contribution in [2.24, 2.45) is 0 Å². The fourth-order valence-corrected chi connectivity index (χ4v) is 2.68. The number of carbonyl (C=O) groups is 1. The highest BCUT2D eigenvalue weighted by atomic mass is 16.6. The van der Waals surface area contributed by atoms with Gasteiger partial charge in [-0.25, -0.2) is 0 Å². The molecule has 2 rings (SSSR count). The van der Waals surface area contributed by atoms with Crippen molar-refractivity contribution in [1.82, 2.24) is 9.47 Å². The molecule has 1 aromatic carbocycles. The molecule has 0 aliphatic carbocycles. The summed E-state index contributed by atoms with van der Waals surface area (Å²) in [6, 6.07) is 7.61. The number of rotatable bonds is 9. The minimum Gasteiger partial charge on any atom is -0.493 e. The second-order valence-electron chi connectivity index (χ2n) is 5.94. The first-order valence-corrected chi connectivity index (χ1v) is 8.81. The molecule has 28 heavy (non-hydrogen) atoms. The Morgan fingerprint density at radius 3 is 2.57 bits per heavy atom. The monoisotopic (exact) mass is 389 g/mol. The fraction of sp³-hybridized carbons (Fsp3) is 0.368. The Kier molecular flexibility index (Phi) is 7.14. The molecule has 0 aliphatic rings. The van der Waals surface area contributed by atoms with Crippen LogP contribution in [0.25, 0.3) is 0 Å². The number of methoxy groups -OCH3 is 1. The second-order valence-corrected chi connectivity index (χ2v) is 5.94. The summed E-state index contributed by atoms with van der Waals surface area (Å²) < 4.78 is 11.9. The van der Waals surface area contributed by atoms with Crippen molar-refractivity contribution in [2.45, 2.75) is 26.9 Å². The van der Waals surface area contributed by atoms with Crippen LogP contribution in [0.1, 0.15) is 19.4 Å². The van der Waals surface area contributed by atoms with Gasteiger partial charge in [-0.05, 0) is 31.5 Å². The van der Waals surface area contributed by atoms with Crippen LogP contribution >= 0.6 is 0 Å². The van der Waals surface area contributed by atoms with E-state index in [9.17, 15) is 19.7 Å². The van der Waals surface area contributed by atoms with Gasteiger partial charge in [0.1, 0.15) is 6.54 Å². The third-order valence-electron chi connectivity index (χ3n) is 4.12. The highest BCUT2D eigenvalue weighted by molar-refractivity contribution is 5.76. The van der Waals surface area contributed by atoms with E-state index < -0.39 is 10.5 Å². The molecule has 0 unspecified atom stereocenters. The van der Waals surface area contributed by atoms with Gasteiger partial charge in [-0.1, -0.05) is 6.07 Å². The molecule has 9 nitrogen and oxygen atoms in total. The normalized spacial score (nSPS) is 10.4. The summed E-state index contributed by atoms with van der Waals surface area (Å²) in [7, 11) is 1.54. The van der Waals surface area contributed by atoms with Crippen LogP contribution in [0.4, 0.5) is 5.69 Å². The molecule has 0 saturated heterocycles. The van der Waals surface area contributed by atoms with Gasteiger partial charge in [-0.2, -0.15) is 0 Å². The minimum absolute atomic E-state index is 0.244. The number of likely N-dealkylation sites (N-methyl/N-ethyl adjacent to an activating group) is 1. The van der Waals surface area contributed by atoms with Crippen molar-refractivity contribution in [1.29, 1.82) is 0 Å². The van der Waals surface area contributed by atoms with Crippen LogP contribution in [-0.2, 0) is 17.9 Å². The Hall–Kier alpha value is -3.36. The topological polar surface area (TPSA) is 104 Å². The van der Waals surface area contributed by atoms with Crippen LogP contribution in [0.3, 0.4) is 0 Å². The Bertz CT molecular complexity index is 909. The summed E-state index contributed by atoms with van der Waals surface area (Å²) in [6.07, 6.45) is 1.08. The Balaban J connectivity index is 2.17. The number of amides is 1. The van der Waals surface area contributed by atoms with E-state index in [0.29, 0.717) is 31.2 Å². The molecule has 0 saturated carbocycles. The van der Waals surface area contributed by atoms with Crippen molar-refractivity contribution in [3.8, 4) is 11.5 Å². The highest BCUT2D eigenvalue weighted by Crippen LogP contribution is 2.28. The molecule has 0 N–H and O–H groups in total. The van der Waals surface area contributed by atoms with Gasteiger partial charge >= 0.3 is 0 Å². The Labute approximate surface area is 162 Å². The van der Waals surface area contributed by atoms with Gasteiger partial charge in [0.25, 0.3) is 11.2 Å². The van der Waals surface area contributed by atoms with Gasteiger partial charge in [-0.3, -0.25) is 24.3 Å². The summed E-state index contributed by atoms with van der Waals surface area (Å²) in [5, 5.41) is 10.9. The zero-order valence-electron chi connectivity index (χ0n) is 16.1. The standard InChI is InChI=1S/C19H23N3O6/c1-4-20(11-14-6-8-16(28-5-2)17(10-14)27-3)19(24)13-21-12-15(22(25)26)7-9-18(21)23/h6-10,12H,4-5,11,13H2,1-3H3. The summed E-state index contributed by atoms with van der Waals surface area (Å²) >= 11 is 0. The minimum atomic E-state index is -0.607. The number of nitro groups is 1. The quantitative estimate of drug-likeness (QED) is 0.481. The molecule has 9 heteroatoms. The number of nitrogens with zero attached hydrogens (tertiary/aromatic N) is 3. The van der Waals surface area contributed by atoms with E-state index in [2.05, 4.69) is 0 Å². The van der Waals surface area contributed by atoms with E-state index in [1.54, 1.807) is 24.1 Å². The molecule has 1 amide bonds. The lowest BCUT2D eigenvalue weighted by Gasteiger charge is -2.22. The molecule has 0 radical (unpaired) electrons. The predicted molar refractivity (Wildman–Crippen MR) is 103 cm³/mol. The van der Waals surface area contributed by atoms with Gasteiger partial charge in [0.15, 0.2) is 11.5 Å². The van der Waals surface area contributed by atoms with Gasteiger partial charge in [-0.15, -0.1) is 0 Å². The maximum atomic E-state index is 12.6. The number of carbonyl (C=O) groups excluding carboxylic acids is 1. The third-order valence-corrected chi connectivity index (χ3v) is 4.12. The van der Waals surface area contributed by atoms with Crippen LogP contribution in [-0.4, -0.2) is 40.6 Å². The van der Waals surface area contributed by atoms with Gasteiger partial charge < -0.3 is 14.4 Å². The number of hydrogen-bond donors (Lipinski definition) is 0. The van der Waals surface area contributed by atoms with E-state index in [0.717, 1.165) is 28.5 Å². The first-order valence-electron chi connectivity index (χ1n) is 8.81. The highest BCUT2D eigenvalue weighted by Gasteiger charge is 2.16. The average Bonchev–Trinajstić information content (AvgIpc) is 2.68. The van der Waals surface area contributed by atoms with Crippen LogP contribution in [0.15, 0.2) is 41.3 Å². The Morgan fingerprint density at radius 2 is 1.96 bits per heavy atom. The lowest BCUT2D eigenvalue weighted by molar-refractivity contribution is -0.385. The van der Waals surface area contributed by atoms with Gasteiger partial charge in [0, 0.05) is 25.2 Å². The number of aromatic nitrogens is 1. The van der Waals surface area contributed by atoms with E-state index >= 15 is 0 Å². The molecule has 2 aromatic rings. The number of benzene rings is 1. The van der Waals surface area contributed by atoms with Crippen LogP contribution in [0, 0.1) is 10.1 Å². The summed E-state index contributed by atoms with van der Waals surface area (Å²) in [5.74, 6) is 0.863. The van der Waals surface area contributed by atoms with E-state index in [-0.39, 0.29) is 18.1 Å². The van der Waals surface area contributed by atoms with Gasteiger partial charge in [0.2, 0.25) is 5.91 Å². The smallest absolute Gasteiger partial charge is 0.285 e. The van der Waals surface area contributed by atoms with E-state index in [4.69, 9.17) is 9.47 Å². The fourth-order valence-electron chi connectivity index (χ4n) is 2.68. The molecule has 1 heterocycles. The predicted octanol–water partition coefficient (Wildman–Crippen LogP) is 2.21. The Morgan fingerprint density at radius 1 is 1.21 bits per heavy atom. The molecule has 1 aromatic heterocycles. The zero-order valence-corrected chi connectivity index (χ0v) is 16.1. The van der Waals surface area contributed by atoms with Crippen molar-refractivity contribution < 1.29 is 19.2 Å². The van der Waals surface area contributed by atoms with Crippen molar-refractivity contribution >= 4 is 11.6 Å². The second kappa shape index (κ2) is 9.54. The summed E-state index contributed by atoms with van der Waals surface area (Å²) in [6.45, 7) is 4.65. The molecule has 150 valence electrons. The summed E-state index contributed by atoms with van der Waals surface area (Å²) in [4.78, 5) is 36.4. The van der Waals surface area contributed by atoms with Crippen LogP contribution in [0.2, 0.25) is 0 Å².